The molecule has 0 saturated heterocycles. The van der Waals surface area contributed by atoms with E-state index in [1.54, 1.807) is 0 Å². The summed E-state index contributed by atoms with van der Waals surface area (Å²) in [6.45, 7) is 9.23. The van der Waals surface area contributed by atoms with Crippen molar-refractivity contribution in [3.8, 4) is 11.5 Å². The number of benzene rings is 2. The number of aromatic amines is 1. The van der Waals surface area contributed by atoms with Crippen LogP contribution in [0.1, 0.15) is 25.0 Å². The Hall–Kier alpha value is -3.10. The van der Waals surface area contributed by atoms with Crippen molar-refractivity contribution in [2.24, 2.45) is 0 Å². The van der Waals surface area contributed by atoms with Crippen LogP contribution in [0, 0.1) is 0 Å². The van der Waals surface area contributed by atoms with Crippen molar-refractivity contribution in [2.45, 2.75) is 26.8 Å². The van der Waals surface area contributed by atoms with Crippen LogP contribution in [0.25, 0.3) is 10.9 Å². The van der Waals surface area contributed by atoms with Crippen LogP contribution in [0.3, 0.4) is 0 Å². The highest BCUT2D eigenvalue weighted by Crippen LogP contribution is 2.35. The van der Waals surface area contributed by atoms with Gasteiger partial charge in [-0.05, 0) is 49.4 Å². The number of nitrogens with zero attached hydrogens (tertiary/aromatic N) is 2. The zero-order valence-electron chi connectivity index (χ0n) is 19.8. The number of fused-ring (bicyclic) bond motifs is 2. The third-order valence-corrected chi connectivity index (χ3v) is 6.58. The monoisotopic (exact) mass is 480 g/mol. The Balaban J connectivity index is 1.50. The molecule has 0 aliphatic carbocycles. The van der Waals surface area contributed by atoms with Gasteiger partial charge in [0.1, 0.15) is 0 Å². The number of hydrogen-bond donors (Lipinski definition) is 2. The second-order valence-corrected chi connectivity index (χ2v) is 8.72. The molecule has 0 unspecified atom stereocenters. The fraction of sp³-hybridized carbons (Fsp3) is 0.385. The van der Waals surface area contributed by atoms with Gasteiger partial charge < -0.3 is 29.6 Å². The first-order valence-corrected chi connectivity index (χ1v) is 12.2. The largest absolute Gasteiger partial charge is 0.454 e. The van der Waals surface area contributed by atoms with Gasteiger partial charge in [0.25, 0.3) is 5.56 Å². The lowest BCUT2D eigenvalue weighted by Gasteiger charge is -2.29. The molecular formula is C26H32N4O3S. The van der Waals surface area contributed by atoms with Crippen molar-refractivity contribution in [3.63, 3.8) is 0 Å². The fourth-order valence-corrected chi connectivity index (χ4v) is 4.35. The third-order valence-electron chi connectivity index (χ3n) is 6.18. The van der Waals surface area contributed by atoms with Gasteiger partial charge in [0.2, 0.25) is 6.79 Å². The molecule has 3 aromatic rings. The van der Waals surface area contributed by atoms with Gasteiger partial charge in [-0.1, -0.05) is 44.2 Å². The average Bonchev–Trinajstić information content (AvgIpc) is 3.30. The van der Waals surface area contributed by atoms with Gasteiger partial charge in [-0.3, -0.25) is 4.79 Å². The maximum absolute atomic E-state index is 12.9. The molecule has 1 aliphatic heterocycles. The molecular weight excluding hydrogens is 448 g/mol. The minimum absolute atomic E-state index is 0.119. The topological polar surface area (TPSA) is 69.8 Å². The summed E-state index contributed by atoms with van der Waals surface area (Å²) in [7, 11) is 0. The van der Waals surface area contributed by atoms with E-state index in [2.05, 4.69) is 46.1 Å². The Morgan fingerprint density at radius 3 is 2.53 bits per heavy atom. The normalized spacial score (nSPS) is 12.3. The molecule has 0 bridgehead atoms. The fourth-order valence-electron chi connectivity index (χ4n) is 4.09. The molecule has 0 atom stereocenters. The highest BCUT2D eigenvalue weighted by atomic mass is 32.1. The molecule has 2 heterocycles. The molecule has 0 fully saturated rings. The summed E-state index contributed by atoms with van der Waals surface area (Å²) in [5, 5.41) is 4.96. The molecule has 1 aromatic heterocycles. The molecule has 2 aromatic carbocycles. The SMILES string of the molecule is CCN(CC)CCN(Cc1cc2cc3c(cc2[nH]c1=O)OCO3)C(=S)NCCc1ccccc1. The van der Waals surface area contributed by atoms with Crippen molar-refractivity contribution >= 4 is 28.2 Å². The van der Waals surface area contributed by atoms with E-state index in [4.69, 9.17) is 21.7 Å². The third kappa shape index (κ3) is 5.87. The Morgan fingerprint density at radius 2 is 1.79 bits per heavy atom. The Bertz CT molecular complexity index is 1180. The number of thiocarbonyl (C=S) groups is 1. The number of pyridine rings is 1. The summed E-state index contributed by atoms with van der Waals surface area (Å²) in [4.78, 5) is 20.3. The Morgan fingerprint density at radius 1 is 1.06 bits per heavy atom. The van der Waals surface area contributed by atoms with Crippen molar-refractivity contribution in [1.82, 2.24) is 20.1 Å². The summed E-state index contributed by atoms with van der Waals surface area (Å²) in [5.41, 5.74) is 2.54. The van der Waals surface area contributed by atoms with Gasteiger partial charge in [-0.15, -0.1) is 0 Å². The molecule has 1 aliphatic rings. The molecule has 8 heteroatoms. The van der Waals surface area contributed by atoms with E-state index in [0.29, 0.717) is 28.7 Å². The van der Waals surface area contributed by atoms with Crippen LogP contribution in [-0.2, 0) is 13.0 Å². The van der Waals surface area contributed by atoms with E-state index in [-0.39, 0.29) is 12.4 Å². The molecule has 2 N–H and O–H groups in total. The van der Waals surface area contributed by atoms with Gasteiger partial charge in [0.15, 0.2) is 16.6 Å². The maximum atomic E-state index is 12.9. The second-order valence-electron chi connectivity index (χ2n) is 8.33. The Kier molecular flexibility index (Phi) is 8.03. The molecule has 4 rings (SSSR count). The highest BCUT2D eigenvalue weighted by Gasteiger charge is 2.18. The van der Waals surface area contributed by atoms with Crippen LogP contribution in [0.5, 0.6) is 11.5 Å². The summed E-state index contributed by atoms with van der Waals surface area (Å²) in [6.07, 6.45) is 0.884. The van der Waals surface area contributed by atoms with Crippen LogP contribution in [-0.4, -0.2) is 59.4 Å². The first kappa shape index (κ1) is 24.0. The lowest BCUT2D eigenvalue weighted by Crippen LogP contribution is -2.44. The van der Waals surface area contributed by atoms with Gasteiger partial charge in [-0.2, -0.15) is 0 Å². The van der Waals surface area contributed by atoms with Gasteiger partial charge in [-0.25, -0.2) is 0 Å². The summed E-state index contributed by atoms with van der Waals surface area (Å²) in [5.74, 6) is 1.35. The minimum Gasteiger partial charge on any atom is -0.454 e. The quantitative estimate of drug-likeness (QED) is 0.430. The molecule has 0 saturated carbocycles. The average molecular weight is 481 g/mol. The minimum atomic E-state index is -0.119. The summed E-state index contributed by atoms with van der Waals surface area (Å²) < 4.78 is 10.9. The molecule has 180 valence electrons. The number of aromatic nitrogens is 1. The molecule has 34 heavy (non-hydrogen) atoms. The highest BCUT2D eigenvalue weighted by molar-refractivity contribution is 7.80. The van der Waals surface area contributed by atoms with Crippen LogP contribution in [0.2, 0.25) is 0 Å². The maximum Gasteiger partial charge on any atom is 0.253 e. The smallest absolute Gasteiger partial charge is 0.253 e. The van der Waals surface area contributed by atoms with Crippen molar-refractivity contribution in [1.29, 1.82) is 0 Å². The van der Waals surface area contributed by atoms with Crippen LogP contribution in [0.4, 0.5) is 0 Å². The van der Waals surface area contributed by atoms with Crippen LogP contribution >= 0.6 is 12.2 Å². The Labute approximate surface area is 205 Å². The number of rotatable bonds is 10. The van der Waals surface area contributed by atoms with E-state index in [1.165, 1.54) is 5.56 Å². The van der Waals surface area contributed by atoms with Crippen molar-refractivity contribution in [3.05, 3.63) is 70.0 Å². The molecule has 0 spiro atoms. The zero-order chi connectivity index (χ0) is 23.9. The van der Waals surface area contributed by atoms with Gasteiger partial charge in [0, 0.05) is 36.7 Å². The number of likely N-dealkylation sites (N-methyl/N-ethyl adjacent to an activating group) is 1. The van der Waals surface area contributed by atoms with E-state index in [1.807, 2.05) is 36.4 Å². The van der Waals surface area contributed by atoms with E-state index in [9.17, 15) is 4.79 Å². The van der Waals surface area contributed by atoms with Crippen molar-refractivity contribution in [2.75, 3.05) is 39.5 Å². The van der Waals surface area contributed by atoms with Crippen LogP contribution in [0.15, 0.2) is 53.3 Å². The summed E-state index contributed by atoms with van der Waals surface area (Å²) >= 11 is 5.77. The first-order valence-electron chi connectivity index (χ1n) is 11.8. The van der Waals surface area contributed by atoms with E-state index in [0.717, 1.165) is 50.0 Å². The molecule has 7 nitrogen and oxygen atoms in total. The van der Waals surface area contributed by atoms with Crippen molar-refractivity contribution < 1.29 is 9.47 Å². The first-order chi connectivity index (χ1) is 16.6. The molecule has 0 amide bonds. The van der Waals surface area contributed by atoms with E-state index < -0.39 is 0 Å². The van der Waals surface area contributed by atoms with Crippen LogP contribution < -0.4 is 20.3 Å². The lowest BCUT2D eigenvalue weighted by molar-refractivity contribution is 0.174. The predicted molar refractivity (Wildman–Crippen MR) is 140 cm³/mol. The molecule has 0 radical (unpaired) electrons. The standard InChI is InChI=1S/C26H32N4O3S/c1-3-29(4-2)12-13-30(26(34)27-11-10-19-8-6-5-7-9-19)17-21-14-20-15-23-24(33-18-32-23)16-22(20)28-25(21)31/h5-9,14-16H,3-4,10-13,17-18H2,1-2H3,(H,27,34)(H,28,31). The van der Waals surface area contributed by atoms with Gasteiger partial charge in [0.05, 0.1) is 12.1 Å². The number of H-pyrrole nitrogens is 1. The lowest BCUT2D eigenvalue weighted by atomic mass is 10.1. The number of ether oxygens (including phenoxy) is 2. The number of nitrogens with one attached hydrogen (secondary N) is 2. The summed E-state index contributed by atoms with van der Waals surface area (Å²) in [6, 6.07) is 16.0. The van der Waals surface area contributed by atoms with E-state index >= 15 is 0 Å². The number of hydrogen-bond acceptors (Lipinski definition) is 5. The predicted octanol–water partition coefficient (Wildman–Crippen LogP) is 3.52. The second kappa shape index (κ2) is 11.4. The zero-order valence-corrected chi connectivity index (χ0v) is 20.6. The van der Waals surface area contributed by atoms with Gasteiger partial charge >= 0.3 is 0 Å².